The minimum Gasteiger partial charge on any atom is -0.342 e. The number of amides is 1. The van der Waals surface area contributed by atoms with Gasteiger partial charge in [0.05, 0.1) is 11.0 Å². The Bertz CT molecular complexity index is 834. The monoisotopic (exact) mass is 385 g/mol. The summed E-state index contributed by atoms with van der Waals surface area (Å²) in [6.45, 7) is 0.819. The van der Waals surface area contributed by atoms with Crippen molar-refractivity contribution in [2.45, 2.75) is 37.4 Å². The van der Waals surface area contributed by atoms with Crippen molar-refractivity contribution in [3.05, 3.63) is 71.8 Å². The molecule has 3 rings (SSSR count). The molecule has 1 heterocycles. The number of carbonyl (C=O) groups is 1. The van der Waals surface area contributed by atoms with E-state index in [-0.39, 0.29) is 11.7 Å². The van der Waals surface area contributed by atoms with Crippen molar-refractivity contribution in [3.8, 4) is 0 Å². The number of unbranched alkanes of at least 4 members (excludes halogenated alkanes) is 1. The summed E-state index contributed by atoms with van der Waals surface area (Å²) in [6, 6.07) is 19.6. The number of carbonyl (C=O) groups excluding carboxylic acids is 1. The number of hydrogen-bond donors (Lipinski definition) is 0. The Morgan fingerprint density at radius 2 is 1.59 bits per heavy atom. The molecule has 1 saturated heterocycles. The number of rotatable bonds is 6. The van der Waals surface area contributed by atoms with Crippen LogP contribution in [0.15, 0.2) is 60.7 Å². The van der Waals surface area contributed by atoms with Gasteiger partial charge >= 0.3 is 0 Å². The smallest absolute Gasteiger partial charge is 0.222 e. The quantitative estimate of drug-likeness (QED) is 0.711. The van der Waals surface area contributed by atoms with E-state index in [0.717, 1.165) is 24.8 Å². The second-order valence-corrected chi connectivity index (χ2v) is 9.43. The largest absolute Gasteiger partial charge is 0.342 e. The van der Waals surface area contributed by atoms with E-state index in [1.54, 1.807) is 4.90 Å². The van der Waals surface area contributed by atoms with E-state index in [2.05, 4.69) is 12.1 Å². The van der Waals surface area contributed by atoms with Gasteiger partial charge in [-0.05, 0) is 36.8 Å². The fourth-order valence-corrected chi connectivity index (χ4v) is 5.44. The second kappa shape index (κ2) is 9.18. The minimum atomic E-state index is -3.23. The van der Waals surface area contributed by atoms with Gasteiger partial charge in [-0.1, -0.05) is 60.7 Å². The summed E-state index contributed by atoms with van der Waals surface area (Å²) in [7, 11) is -3.23. The van der Waals surface area contributed by atoms with E-state index in [1.165, 1.54) is 5.56 Å². The molecule has 2 aromatic rings. The minimum absolute atomic E-state index is 0.0440. The first kappa shape index (κ1) is 19.6. The molecule has 0 aliphatic carbocycles. The second-order valence-electron chi connectivity index (χ2n) is 7.13. The first-order valence-corrected chi connectivity index (χ1v) is 11.4. The molecule has 4 nitrogen and oxygen atoms in total. The lowest BCUT2D eigenvalue weighted by Gasteiger charge is -2.20. The van der Waals surface area contributed by atoms with Gasteiger partial charge in [-0.25, -0.2) is 8.42 Å². The van der Waals surface area contributed by atoms with Crippen LogP contribution in [0.1, 0.15) is 42.1 Å². The highest BCUT2D eigenvalue weighted by molar-refractivity contribution is 7.91. The Morgan fingerprint density at radius 1 is 0.926 bits per heavy atom. The molecule has 0 saturated carbocycles. The predicted molar refractivity (Wildman–Crippen MR) is 108 cm³/mol. The normalized spacial score (nSPS) is 19.4. The lowest BCUT2D eigenvalue weighted by Crippen LogP contribution is -2.33. The van der Waals surface area contributed by atoms with Crippen molar-refractivity contribution in [1.82, 2.24) is 4.90 Å². The van der Waals surface area contributed by atoms with Crippen LogP contribution in [0.3, 0.4) is 0 Å². The summed E-state index contributed by atoms with van der Waals surface area (Å²) in [4.78, 5) is 14.3. The molecular formula is C22H27NO3S. The summed E-state index contributed by atoms with van der Waals surface area (Å²) in [5.41, 5.74) is 2.12. The van der Waals surface area contributed by atoms with Crippen molar-refractivity contribution < 1.29 is 13.2 Å². The molecule has 0 bridgehead atoms. The molecule has 0 aromatic heterocycles. The van der Waals surface area contributed by atoms with E-state index in [1.807, 2.05) is 48.5 Å². The third-order valence-electron chi connectivity index (χ3n) is 5.21. The third kappa shape index (κ3) is 5.42. The van der Waals surface area contributed by atoms with Gasteiger partial charge in [0.15, 0.2) is 9.84 Å². The summed E-state index contributed by atoms with van der Waals surface area (Å²) < 4.78 is 25.3. The Labute approximate surface area is 162 Å². The van der Waals surface area contributed by atoms with Crippen molar-refractivity contribution >= 4 is 15.7 Å². The number of sulfone groups is 1. The third-order valence-corrected chi connectivity index (χ3v) is 7.34. The van der Waals surface area contributed by atoms with Crippen molar-refractivity contribution in [1.29, 1.82) is 0 Å². The van der Waals surface area contributed by atoms with Crippen LogP contribution >= 0.6 is 0 Å². The van der Waals surface area contributed by atoms with Crippen LogP contribution in [0.2, 0.25) is 0 Å². The topological polar surface area (TPSA) is 54.5 Å². The Hall–Kier alpha value is -2.14. The Morgan fingerprint density at radius 3 is 2.30 bits per heavy atom. The molecular weight excluding hydrogens is 358 g/mol. The summed E-state index contributed by atoms with van der Waals surface area (Å²) in [5, 5.41) is -0.505. The van der Waals surface area contributed by atoms with Crippen molar-refractivity contribution in [2.75, 3.05) is 18.8 Å². The highest BCUT2D eigenvalue weighted by Gasteiger charge is 2.32. The fourth-order valence-electron chi connectivity index (χ4n) is 3.64. The molecule has 5 heteroatoms. The van der Waals surface area contributed by atoms with Gasteiger partial charge in [-0.2, -0.15) is 0 Å². The van der Waals surface area contributed by atoms with Crippen LogP contribution in [0, 0.1) is 0 Å². The van der Waals surface area contributed by atoms with Crippen LogP contribution in [-0.4, -0.2) is 38.1 Å². The molecule has 1 aliphatic rings. The molecule has 27 heavy (non-hydrogen) atoms. The van der Waals surface area contributed by atoms with Crippen LogP contribution in [-0.2, 0) is 21.1 Å². The maximum absolute atomic E-state index is 12.6. The van der Waals surface area contributed by atoms with Gasteiger partial charge in [0.25, 0.3) is 0 Å². The SMILES string of the molecule is O=C(CCCCc1ccccc1)N1CCC(c2ccccc2)S(=O)(=O)CC1. The highest BCUT2D eigenvalue weighted by atomic mass is 32.2. The fraction of sp³-hybridized carbons (Fsp3) is 0.409. The zero-order chi connectivity index (χ0) is 19.1. The molecule has 1 atom stereocenters. The van der Waals surface area contributed by atoms with E-state index < -0.39 is 15.1 Å². The molecule has 1 fully saturated rings. The van der Waals surface area contributed by atoms with Gasteiger partial charge in [0.2, 0.25) is 5.91 Å². The van der Waals surface area contributed by atoms with Crippen LogP contribution in [0.4, 0.5) is 0 Å². The zero-order valence-electron chi connectivity index (χ0n) is 15.6. The molecule has 1 aliphatic heterocycles. The van der Waals surface area contributed by atoms with Crippen LogP contribution < -0.4 is 0 Å². The van der Waals surface area contributed by atoms with Crippen LogP contribution in [0.5, 0.6) is 0 Å². The Kier molecular flexibility index (Phi) is 6.67. The number of aryl methyl sites for hydroxylation is 1. The number of nitrogens with zero attached hydrogens (tertiary/aromatic N) is 1. The highest BCUT2D eigenvalue weighted by Crippen LogP contribution is 2.29. The lowest BCUT2D eigenvalue weighted by atomic mass is 10.1. The molecule has 0 radical (unpaired) electrons. The average Bonchev–Trinajstić information content (AvgIpc) is 2.84. The van der Waals surface area contributed by atoms with Gasteiger partial charge in [-0.3, -0.25) is 4.79 Å². The average molecular weight is 386 g/mol. The van der Waals surface area contributed by atoms with Gasteiger partial charge in [0.1, 0.15) is 0 Å². The summed E-state index contributed by atoms with van der Waals surface area (Å²) >= 11 is 0. The standard InChI is InChI=1S/C22H27NO3S/c24-22(14-8-7-11-19-9-3-1-4-10-19)23-16-15-21(27(25,26)18-17-23)20-12-5-2-6-13-20/h1-6,9-10,12-13,21H,7-8,11,14-18H2. The number of benzene rings is 2. The zero-order valence-corrected chi connectivity index (χ0v) is 16.4. The molecule has 0 N–H and O–H groups in total. The van der Waals surface area contributed by atoms with Gasteiger partial charge < -0.3 is 4.90 Å². The first-order chi connectivity index (χ1) is 13.1. The predicted octanol–water partition coefficient (Wildman–Crippen LogP) is 3.79. The molecule has 1 unspecified atom stereocenters. The number of hydrogen-bond acceptors (Lipinski definition) is 3. The van der Waals surface area contributed by atoms with E-state index in [9.17, 15) is 13.2 Å². The first-order valence-electron chi connectivity index (χ1n) is 9.64. The maximum atomic E-state index is 12.6. The summed E-state index contributed by atoms with van der Waals surface area (Å²) in [6.07, 6.45) is 3.73. The molecule has 2 aromatic carbocycles. The van der Waals surface area contributed by atoms with Crippen molar-refractivity contribution in [2.24, 2.45) is 0 Å². The van der Waals surface area contributed by atoms with Crippen LogP contribution in [0.25, 0.3) is 0 Å². The lowest BCUT2D eigenvalue weighted by molar-refractivity contribution is -0.131. The molecule has 0 spiro atoms. The Balaban J connectivity index is 1.51. The maximum Gasteiger partial charge on any atom is 0.222 e. The molecule has 1 amide bonds. The van der Waals surface area contributed by atoms with E-state index >= 15 is 0 Å². The van der Waals surface area contributed by atoms with E-state index in [0.29, 0.717) is 25.9 Å². The summed E-state index contributed by atoms with van der Waals surface area (Å²) in [5.74, 6) is 0.120. The van der Waals surface area contributed by atoms with Crippen molar-refractivity contribution in [3.63, 3.8) is 0 Å². The van der Waals surface area contributed by atoms with Gasteiger partial charge in [0, 0.05) is 19.5 Å². The molecule has 144 valence electrons. The van der Waals surface area contributed by atoms with E-state index in [4.69, 9.17) is 0 Å². The van der Waals surface area contributed by atoms with Gasteiger partial charge in [-0.15, -0.1) is 0 Å².